The second kappa shape index (κ2) is 8.00. The fourth-order valence-corrected chi connectivity index (χ4v) is 3.03. The van der Waals surface area contributed by atoms with Crippen LogP contribution in [0, 0.1) is 0 Å². The van der Waals surface area contributed by atoms with Gasteiger partial charge in [-0.25, -0.2) is 15.8 Å². The molecule has 0 spiro atoms. The first-order valence-corrected chi connectivity index (χ1v) is 9.57. The third-order valence-electron chi connectivity index (χ3n) is 4.78. The first kappa shape index (κ1) is 21.4. The maximum Gasteiger partial charge on any atom is 0.170 e. The Balaban J connectivity index is 2.59. The van der Waals surface area contributed by atoms with Crippen molar-refractivity contribution in [2.75, 3.05) is 10.7 Å². The summed E-state index contributed by atoms with van der Waals surface area (Å²) >= 11 is 6.26. The topological polar surface area (TPSA) is 101 Å². The van der Waals surface area contributed by atoms with Crippen molar-refractivity contribution in [1.29, 1.82) is 0 Å². The summed E-state index contributed by atoms with van der Waals surface area (Å²) in [6.07, 6.45) is 0.978. The van der Waals surface area contributed by atoms with Crippen molar-refractivity contribution in [3.63, 3.8) is 0 Å². The summed E-state index contributed by atoms with van der Waals surface area (Å²) in [5.41, 5.74) is 6.51. The van der Waals surface area contributed by atoms with E-state index in [1.165, 1.54) is 5.01 Å². The summed E-state index contributed by atoms with van der Waals surface area (Å²) < 4.78 is 0. The number of anilines is 2. The number of nitrogens with zero attached hydrogens (tertiary/aromatic N) is 3. The van der Waals surface area contributed by atoms with Gasteiger partial charge in [0.25, 0.3) is 0 Å². The summed E-state index contributed by atoms with van der Waals surface area (Å²) in [5.74, 6) is 7.30. The van der Waals surface area contributed by atoms with E-state index in [0.717, 1.165) is 5.56 Å². The fourth-order valence-electron chi connectivity index (χ4n) is 2.84. The van der Waals surface area contributed by atoms with E-state index in [9.17, 15) is 5.11 Å². The van der Waals surface area contributed by atoms with Crippen LogP contribution in [0.15, 0.2) is 24.3 Å². The second-order valence-corrected chi connectivity index (χ2v) is 8.25. The van der Waals surface area contributed by atoms with Crippen molar-refractivity contribution < 1.29 is 5.11 Å². The Kier molecular flexibility index (Phi) is 6.35. The summed E-state index contributed by atoms with van der Waals surface area (Å²) in [7, 11) is 0. The predicted octanol–water partition coefficient (Wildman–Crippen LogP) is 3.90. The molecule has 0 bridgehead atoms. The molecule has 148 valence electrons. The standard InChI is InChI=1S/C20H30ClN5O/c1-6-20(27,7-2)16-15(22)17(25-18(24-16)19(3,4)5)26(23)12-13-10-8-9-11-14(13)21/h8-11,27H,6-7,12,22-23H2,1-5H3. The lowest BCUT2D eigenvalue weighted by atomic mass is 9.90. The largest absolute Gasteiger partial charge is 0.394 e. The second-order valence-electron chi connectivity index (χ2n) is 7.84. The van der Waals surface area contributed by atoms with Crippen molar-refractivity contribution in [3.05, 3.63) is 46.4 Å². The molecule has 7 heteroatoms. The van der Waals surface area contributed by atoms with Gasteiger partial charge in [0.05, 0.1) is 6.54 Å². The zero-order chi connectivity index (χ0) is 20.4. The normalized spacial score (nSPS) is 12.3. The van der Waals surface area contributed by atoms with Crippen LogP contribution >= 0.6 is 11.6 Å². The molecule has 0 aliphatic carbocycles. The van der Waals surface area contributed by atoms with E-state index in [1.807, 2.05) is 58.9 Å². The molecule has 1 aromatic carbocycles. The van der Waals surface area contributed by atoms with Gasteiger partial charge in [0, 0.05) is 10.4 Å². The van der Waals surface area contributed by atoms with E-state index in [-0.39, 0.29) is 5.41 Å². The smallest absolute Gasteiger partial charge is 0.170 e. The number of halogens is 1. The van der Waals surface area contributed by atoms with Gasteiger partial charge in [-0.2, -0.15) is 0 Å². The minimum atomic E-state index is -1.13. The van der Waals surface area contributed by atoms with Crippen LogP contribution in [0.3, 0.4) is 0 Å². The van der Waals surface area contributed by atoms with Crippen LogP contribution in [0.1, 0.15) is 64.5 Å². The number of rotatable bonds is 6. The Bertz CT molecular complexity index is 799. The summed E-state index contributed by atoms with van der Waals surface area (Å²) in [6, 6.07) is 7.48. The van der Waals surface area contributed by atoms with Gasteiger partial charge in [-0.05, 0) is 24.5 Å². The molecule has 0 radical (unpaired) electrons. The minimum absolute atomic E-state index is 0.295. The molecular weight excluding hydrogens is 362 g/mol. The zero-order valence-electron chi connectivity index (χ0n) is 16.8. The first-order valence-electron chi connectivity index (χ1n) is 9.20. The van der Waals surface area contributed by atoms with Crippen LogP contribution in [0.2, 0.25) is 5.02 Å². The highest BCUT2D eigenvalue weighted by Crippen LogP contribution is 2.37. The number of aromatic nitrogens is 2. The van der Waals surface area contributed by atoms with Crippen LogP contribution in [0.4, 0.5) is 11.5 Å². The van der Waals surface area contributed by atoms with E-state index in [0.29, 0.717) is 47.4 Å². The molecule has 2 aromatic rings. The van der Waals surface area contributed by atoms with Crippen molar-refractivity contribution >= 4 is 23.1 Å². The van der Waals surface area contributed by atoms with Gasteiger partial charge in [0.1, 0.15) is 22.8 Å². The molecule has 27 heavy (non-hydrogen) atoms. The van der Waals surface area contributed by atoms with Gasteiger partial charge < -0.3 is 10.8 Å². The molecule has 0 fully saturated rings. The minimum Gasteiger partial charge on any atom is -0.394 e. The van der Waals surface area contributed by atoms with Crippen LogP contribution in [0.25, 0.3) is 0 Å². The van der Waals surface area contributed by atoms with Crippen LogP contribution in [-0.4, -0.2) is 15.1 Å². The summed E-state index contributed by atoms with van der Waals surface area (Å²) in [5, 5.41) is 13.1. The molecule has 0 saturated heterocycles. The maximum absolute atomic E-state index is 11.1. The zero-order valence-corrected chi connectivity index (χ0v) is 17.5. The first-order chi connectivity index (χ1) is 12.5. The number of hydrogen-bond acceptors (Lipinski definition) is 6. The molecule has 0 amide bonds. The number of aliphatic hydroxyl groups is 1. The van der Waals surface area contributed by atoms with E-state index >= 15 is 0 Å². The molecule has 0 aliphatic heterocycles. The third kappa shape index (κ3) is 4.51. The Morgan fingerprint density at radius 3 is 2.22 bits per heavy atom. The van der Waals surface area contributed by atoms with Crippen molar-refractivity contribution in [2.45, 2.75) is 65.0 Å². The van der Waals surface area contributed by atoms with Gasteiger partial charge in [-0.3, -0.25) is 5.01 Å². The van der Waals surface area contributed by atoms with E-state index < -0.39 is 5.60 Å². The van der Waals surface area contributed by atoms with Gasteiger partial charge in [0.15, 0.2) is 5.82 Å². The number of hydrazine groups is 1. The molecule has 0 saturated carbocycles. The number of nitrogens with two attached hydrogens (primary N) is 2. The predicted molar refractivity (Wildman–Crippen MR) is 111 cm³/mol. The quantitative estimate of drug-likeness (QED) is 0.510. The molecule has 2 rings (SSSR count). The van der Waals surface area contributed by atoms with Gasteiger partial charge in [0.2, 0.25) is 0 Å². The highest BCUT2D eigenvalue weighted by atomic mass is 35.5. The molecule has 1 aromatic heterocycles. The number of hydrogen-bond donors (Lipinski definition) is 3. The van der Waals surface area contributed by atoms with Crippen molar-refractivity contribution in [2.24, 2.45) is 5.84 Å². The molecule has 6 nitrogen and oxygen atoms in total. The van der Waals surface area contributed by atoms with Gasteiger partial charge in [-0.1, -0.05) is 64.4 Å². The Labute approximate surface area is 166 Å². The molecule has 1 heterocycles. The van der Waals surface area contributed by atoms with Gasteiger partial charge in [-0.15, -0.1) is 0 Å². The average Bonchev–Trinajstić information content (AvgIpc) is 2.62. The SMILES string of the molecule is CCC(O)(CC)c1nc(C(C)(C)C)nc(N(N)Cc2ccccc2Cl)c1N. The monoisotopic (exact) mass is 391 g/mol. The summed E-state index contributed by atoms with van der Waals surface area (Å²) in [4.78, 5) is 9.25. The summed E-state index contributed by atoms with van der Waals surface area (Å²) in [6.45, 7) is 10.2. The van der Waals surface area contributed by atoms with E-state index in [4.69, 9.17) is 23.2 Å². The van der Waals surface area contributed by atoms with Crippen molar-refractivity contribution in [3.8, 4) is 0 Å². The van der Waals surface area contributed by atoms with E-state index in [1.54, 1.807) is 0 Å². The molecule has 0 atom stereocenters. The van der Waals surface area contributed by atoms with E-state index in [2.05, 4.69) is 9.97 Å². The highest BCUT2D eigenvalue weighted by molar-refractivity contribution is 6.31. The fraction of sp³-hybridized carbons (Fsp3) is 0.500. The Morgan fingerprint density at radius 2 is 1.70 bits per heavy atom. The van der Waals surface area contributed by atoms with Crippen molar-refractivity contribution in [1.82, 2.24) is 9.97 Å². The highest BCUT2D eigenvalue weighted by Gasteiger charge is 2.34. The van der Waals surface area contributed by atoms with Crippen LogP contribution < -0.4 is 16.6 Å². The average molecular weight is 392 g/mol. The molecular formula is C20H30ClN5O. The Hall–Kier alpha value is -1.89. The lowest BCUT2D eigenvalue weighted by molar-refractivity contribution is 0.0243. The number of benzene rings is 1. The molecule has 0 aliphatic rings. The molecule has 5 N–H and O–H groups in total. The van der Waals surface area contributed by atoms with Crippen LogP contribution in [0.5, 0.6) is 0 Å². The Morgan fingerprint density at radius 1 is 1.11 bits per heavy atom. The number of nitrogen functional groups attached to an aromatic ring is 1. The third-order valence-corrected chi connectivity index (χ3v) is 5.15. The van der Waals surface area contributed by atoms with Crippen LogP contribution in [-0.2, 0) is 17.6 Å². The lowest BCUT2D eigenvalue weighted by Gasteiger charge is -2.31. The van der Waals surface area contributed by atoms with Gasteiger partial charge >= 0.3 is 0 Å². The maximum atomic E-state index is 11.1. The lowest BCUT2D eigenvalue weighted by Crippen LogP contribution is -2.36. The molecule has 0 unspecified atom stereocenters.